The first-order valence-corrected chi connectivity index (χ1v) is 7.11. The third-order valence-corrected chi connectivity index (χ3v) is 3.85. The molecule has 1 aromatic rings. The van der Waals surface area contributed by atoms with Crippen LogP contribution in [-0.4, -0.2) is 41.0 Å². The molecule has 1 aliphatic heterocycles. The van der Waals surface area contributed by atoms with Crippen LogP contribution < -0.4 is 5.32 Å². The standard InChI is InChI=1S/C15H23N3O/c1-4-13-10-18(14(5-2)9-17-13)15(19)12-6-11(3)7-16-8-12/h6-8,13-14,17H,4-5,9-10H2,1-3H3. The molecule has 0 bridgehead atoms. The fourth-order valence-electron chi connectivity index (χ4n) is 2.59. The molecule has 2 atom stereocenters. The van der Waals surface area contributed by atoms with Gasteiger partial charge in [-0.1, -0.05) is 13.8 Å². The number of pyridine rings is 1. The van der Waals surface area contributed by atoms with Crippen LogP contribution in [0, 0.1) is 6.92 Å². The minimum atomic E-state index is 0.114. The Morgan fingerprint density at radius 3 is 2.84 bits per heavy atom. The van der Waals surface area contributed by atoms with Gasteiger partial charge in [0.2, 0.25) is 0 Å². The van der Waals surface area contributed by atoms with Crippen molar-refractivity contribution in [2.75, 3.05) is 13.1 Å². The molecule has 0 aromatic carbocycles. The maximum absolute atomic E-state index is 12.6. The molecule has 19 heavy (non-hydrogen) atoms. The molecule has 2 unspecified atom stereocenters. The number of piperazine rings is 1. The molecule has 1 fully saturated rings. The highest BCUT2D eigenvalue weighted by atomic mass is 16.2. The van der Waals surface area contributed by atoms with Crippen LogP contribution in [0.1, 0.15) is 42.6 Å². The van der Waals surface area contributed by atoms with Crippen LogP contribution in [0.25, 0.3) is 0 Å². The number of nitrogens with zero attached hydrogens (tertiary/aromatic N) is 2. The van der Waals surface area contributed by atoms with Gasteiger partial charge in [0.25, 0.3) is 5.91 Å². The van der Waals surface area contributed by atoms with Gasteiger partial charge in [0.15, 0.2) is 0 Å². The van der Waals surface area contributed by atoms with E-state index in [-0.39, 0.29) is 11.9 Å². The van der Waals surface area contributed by atoms with Crippen molar-refractivity contribution < 1.29 is 4.79 Å². The lowest BCUT2D eigenvalue weighted by Gasteiger charge is -2.40. The third kappa shape index (κ3) is 3.13. The highest BCUT2D eigenvalue weighted by Crippen LogP contribution is 2.16. The molecular formula is C15H23N3O. The van der Waals surface area contributed by atoms with E-state index < -0.39 is 0 Å². The van der Waals surface area contributed by atoms with Crippen molar-refractivity contribution in [2.24, 2.45) is 0 Å². The molecule has 1 N–H and O–H groups in total. The smallest absolute Gasteiger partial charge is 0.255 e. The fourth-order valence-corrected chi connectivity index (χ4v) is 2.59. The summed E-state index contributed by atoms with van der Waals surface area (Å²) in [6.07, 6.45) is 5.48. The lowest BCUT2D eigenvalue weighted by Crippen LogP contribution is -2.57. The Kier molecular flexibility index (Phi) is 4.53. The number of aryl methyl sites for hydroxylation is 1. The number of rotatable bonds is 3. The van der Waals surface area contributed by atoms with Gasteiger partial charge in [-0.25, -0.2) is 0 Å². The first-order valence-electron chi connectivity index (χ1n) is 7.11. The second-order valence-electron chi connectivity index (χ2n) is 5.28. The van der Waals surface area contributed by atoms with Gasteiger partial charge in [-0.3, -0.25) is 9.78 Å². The summed E-state index contributed by atoms with van der Waals surface area (Å²) in [7, 11) is 0. The molecule has 2 heterocycles. The molecule has 0 radical (unpaired) electrons. The molecule has 1 aliphatic rings. The second kappa shape index (κ2) is 6.15. The predicted molar refractivity (Wildman–Crippen MR) is 76.2 cm³/mol. The minimum Gasteiger partial charge on any atom is -0.333 e. The number of amides is 1. The summed E-state index contributed by atoms with van der Waals surface area (Å²) in [4.78, 5) is 18.8. The van der Waals surface area contributed by atoms with Crippen molar-refractivity contribution in [1.82, 2.24) is 15.2 Å². The molecule has 1 aromatic heterocycles. The van der Waals surface area contributed by atoms with Crippen LogP contribution in [0.15, 0.2) is 18.5 Å². The van der Waals surface area contributed by atoms with Crippen molar-refractivity contribution in [3.63, 3.8) is 0 Å². The summed E-state index contributed by atoms with van der Waals surface area (Å²) in [6, 6.07) is 2.62. The molecule has 4 nitrogen and oxygen atoms in total. The molecule has 0 spiro atoms. The maximum Gasteiger partial charge on any atom is 0.255 e. The Labute approximate surface area is 115 Å². The zero-order chi connectivity index (χ0) is 13.8. The third-order valence-electron chi connectivity index (χ3n) is 3.85. The summed E-state index contributed by atoms with van der Waals surface area (Å²) in [5.41, 5.74) is 1.73. The summed E-state index contributed by atoms with van der Waals surface area (Å²) in [5, 5.41) is 3.51. The molecule has 104 valence electrons. The first-order chi connectivity index (χ1) is 9.15. The van der Waals surface area contributed by atoms with Crippen molar-refractivity contribution in [1.29, 1.82) is 0 Å². The summed E-state index contributed by atoms with van der Waals surface area (Å²) in [5.74, 6) is 0.114. The molecular weight excluding hydrogens is 238 g/mol. The van der Waals surface area contributed by atoms with E-state index in [0.717, 1.165) is 31.5 Å². The number of nitrogens with one attached hydrogen (secondary N) is 1. The predicted octanol–water partition coefficient (Wildman–Crippen LogP) is 1.99. The Bertz CT molecular complexity index is 447. The highest BCUT2D eigenvalue weighted by molar-refractivity contribution is 5.94. The van der Waals surface area contributed by atoms with Gasteiger partial charge in [-0.2, -0.15) is 0 Å². The second-order valence-corrected chi connectivity index (χ2v) is 5.28. The molecule has 4 heteroatoms. The van der Waals surface area contributed by atoms with Crippen LogP contribution >= 0.6 is 0 Å². The fraction of sp³-hybridized carbons (Fsp3) is 0.600. The van der Waals surface area contributed by atoms with Crippen LogP contribution in [0.3, 0.4) is 0 Å². The topological polar surface area (TPSA) is 45.2 Å². The van der Waals surface area contributed by atoms with Gasteiger partial charge in [-0.05, 0) is 31.4 Å². The van der Waals surface area contributed by atoms with E-state index in [1.54, 1.807) is 12.4 Å². The quantitative estimate of drug-likeness (QED) is 0.905. The highest BCUT2D eigenvalue weighted by Gasteiger charge is 2.30. The molecule has 1 saturated heterocycles. The monoisotopic (exact) mass is 261 g/mol. The Morgan fingerprint density at radius 1 is 1.42 bits per heavy atom. The van der Waals surface area contributed by atoms with E-state index in [0.29, 0.717) is 11.6 Å². The summed E-state index contributed by atoms with van der Waals surface area (Å²) in [6.45, 7) is 7.93. The van der Waals surface area contributed by atoms with Gasteiger partial charge >= 0.3 is 0 Å². The van der Waals surface area contributed by atoms with Crippen molar-refractivity contribution >= 4 is 5.91 Å². The van der Waals surface area contributed by atoms with Crippen LogP contribution in [-0.2, 0) is 0 Å². The molecule has 0 aliphatic carbocycles. The van der Waals surface area contributed by atoms with Crippen molar-refractivity contribution in [3.05, 3.63) is 29.6 Å². The van der Waals surface area contributed by atoms with E-state index >= 15 is 0 Å². The number of carbonyl (C=O) groups excluding carboxylic acids is 1. The van der Waals surface area contributed by atoms with E-state index in [4.69, 9.17) is 0 Å². The van der Waals surface area contributed by atoms with Crippen molar-refractivity contribution in [3.8, 4) is 0 Å². The lowest BCUT2D eigenvalue weighted by atomic mass is 10.0. The SMILES string of the molecule is CCC1CN(C(=O)c2cncc(C)c2)C(CC)CN1. The van der Waals surface area contributed by atoms with Crippen LogP contribution in [0.5, 0.6) is 0 Å². The number of hydrogen-bond donors (Lipinski definition) is 1. The van der Waals surface area contributed by atoms with Crippen LogP contribution in [0.2, 0.25) is 0 Å². The normalized spacial score (nSPS) is 23.4. The van der Waals surface area contributed by atoms with E-state index in [1.807, 2.05) is 17.9 Å². The van der Waals surface area contributed by atoms with Gasteiger partial charge < -0.3 is 10.2 Å². The largest absolute Gasteiger partial charge is 0.333 e. The maximum atomic E-state index is 12.6. The van der Waals surface area contributed by atoms with Crippen molar-refractivity contribution in [2.45, 2.75) is 45.7 Å². The number of carbonyl (C=O) groups is 1. The Morgan fingerprint density at radius 2 is 2.21 bits per heavy atom. The van der Waals surface area contributed by atoms with E-state index in [1.165, 1.54) is 0 Å². The number of hydrogen-bond acceptors (Lipinski definition) is 3. The van der Waals surface area contributed by atoms with Gasteiger partial charge in [0.1, 0.15) is 0 Å². The average molecular weight is 261 g/mol. The summed E-state index contributed by atoms with van der Waals surface area (Å²) < 4.78 is 0. The average Bonchev–Trinajstić information content (AvgIpc) is 2.45. The first kappa shape index (κ1) is 14.0. The minimum absolute atomic E-state index is 0.114. The van der Waals surface area contributed by atoms with E-state index in [9.17, 15) is 4.79 Å². The number of aromatic nitrogens is 1. The van der Waals surface area contributed by atoms with Crippen LogP contribution in [0.4, 0.5) is 0 Å². The molecule has 0 saturated carbocycles. The van der Waals surface area contributed by atoms with Gasteiger partial charge in [0, 0.05) is 37.6 Å². The summed E-state index contributed by atoms with van der Waals surface area (Å²) >= 11 is 0. The Balaban J connectivity index is 2.19. The van der Waals surface area contributed by atoms with Gasteiger partial charge in [0.05, 0.1) is 5.56 Å². The Hall–Kier alpha value is -1.42. The lowest BCUT2D eigenvalue weighted by molar-refractivity contribution is 0.0575. The zero-order valence-electron chi connectivity index (χ0n) is 12.0. The van der Waals surface area contributed by atoms with E-state index in [2.05, 4.69) is 24.1 Å². The zero-order valence-corrected chi connectivity index (χ0v) is 12.0. The van der Waals surface area contributed by atoms with Gasteiger partial charge in [-0.15, -0.1) is 0 Å². The molecule has 1 amide bonds. The molecule has 2 rings (SSSR count).